The Morgan fingerprint density at radius 3 is 2.55 bits per heavy atom. The normalized spacial score (nSPS) is 16.2. The summed E-state index contributed by atoms with van der Waals surface area (Å²) in [5.74, 6) is 1.09. The number of ketones is 1. The van der Waals surface area contributed by atoms with E-state index in [0.717, 1.165) is 16.8 Å². The Hall–Kier alpha value is -2.28. The molecule has 1 atom stereocenters. The van der Waals surface area contributed by atoms with Crippen LogP contribution in [0.2, 0.25) is 10.0 Å². The number of Topliss-reactive ketones (excluding diaryl/α,β-unsaturated/α-hetero) is 1. The fourth-order valence-electron chi connectivity index (χ4n) is 3.19. The Labute approximate surface area is 185 Å². The van der Waals surface area contributed by atoms with Crippen LogP contribution in [0.1, 0.15) is 31.0 Å². The zero-order chi connectivity index (χ0) is 21.1. The van der Waals surface area contributed by atoms with E-state index in [9.17, 15) is 4.79 Å². The molecule has 0 amide bonds. The first-order valence-electron chi connectivity index (χ1n) is 8.84. The molecular formula is C21H20Cl2N2O3S. The SMILES string of the molecule is COc1ccc(C2NC(=S)NC(C)=C2C(C)=O)cc1OCc1ccc(Cl)c(Cl)c1. The summed E-state index contributed by atoms with van der Waals surface area (Å²) in [5.41, 5.74) is 3.07. The lowest BCUT2D eigenvalue weighted by atomic mass is 9.93. The van der Waals surface area contributed by atoms with Gasteiger partial charge < -0.3 is 20.1 Å². The highest BCUT2D eigenvalue weighted by atomic mass is 35.5. The molecule has 0 saturated carbocycles. The van der Waals surface area contributed by atoms with Crippen LogP contribution in [-0.4, -0.2) is 18.0 Å². The van der Waals surface area contributed by atoms with Gasteiger partial charge in [-0.05, 0) is 61.5 Å². The first kappa shape index (κ1) is 21.4. The number of ether oxygens (including phenoxy) is 2. The molecule has 2 aromatic carbocycles. The molecule has 0 spiro atoms. The number of methoxy groups -OCH3 is 1. The number of allylic oxidation sites excluding steroid dienone is 1. The second kappa shape index (κ2) is 9.03. The van der Waals surface area contributed by atoms with Crippen LogP contribution in [0.25, 0.3) is 0 Å². The van der Waals surface area contributed by atoms with Crippen LogP contribution in [0.15, 0.2) is 47.7 Å². The van der Waals surface area contributed by atoms with E-state index in [1.807, 2.05) is 25.1 Å². The van der Waals surface area contributed by atoms with E-state index in [-0.39, 0.29) is 18.4 Å². The van der Waals surface area contributed by atoms with Gasteiger partial charge in [0.25, 0.3) is 0 Å². The average Bonchev–Trinajstić information content (AvgIpc) is 2.67. The maximum absolute atomic E-state index is 12.2. The molecule has 1 heterocycles. The molecule has 29 heavy (non-hydrogen) atoms. The Bertz CT molecular complexity index is 1010. The largest absolute Gasteiger partial charge is 0.493 e. The van der Waals surface area contributed by atoms with E-state index in [2.05, 4.69) is 10.6 Å². The highest BCUT2D eigenvalue weighted by molar-refractivity contribution is 7.80. The van der Waals surface area contributed by atoms with Gasteiger partial charge in [0.2, 0.25) is 0 Å². The standard InChI is InChI=1S/C21H20Cl2N2O3S/c1-11-19(12(2)26)20(25-21(29)24-11)14-5-7-17(27-3)18(9-14)28-10-13-4-6-15(22)16(23)8-13/h4-9,20H,10H2,1-3H3,(H2,24,25,29). The van der Waals surface area contributed by atoms with Crippen LogP contribution < -0.4 is 20.1 Å². The summed E-state index contributed by atoms with van der Waals surface area (Å²) in [6.45, 7) is 3.65. The molecule has 1 aliphatic rings. The van der Waals surface area contributed by atoms with Gasteiger partial charge in [0.1, 0.15) is 6.61 Å². The van der Waals surface area contributed by atoms with Gasteiger partial charge in [-0.2, -0.15) is 0 Å². The Morgan fingerprint density at radius 1 is 1.14 bits per heavy atom. The smallest absolute Gasteiger partial charge is 0.171 e. The molecule has 5 nitrogen and oxygen atoms in total. The zero-order valence-corrected chi connectivity index (χ0v) is 18.5. The lowest BCUT2D eigenvalue weighted by Crippen LogP contribution is -2.44. The number of thiocarbonyl (C=S) groups is 1. The van der Waals surface area contributed by atoms with Crippen molar-refractivity contribution in [2.24, 2.45) is 0 Å². The summed E-state index contributed by atoms with van der Waals surface area (Å²) in [6.07, 6.45) is 0. The monoisotopic (exact) mass is 450 g/mol. The van der Waals surface area contributed by atoms with Crippen LogP contribution in [0, 0.1) is 0 Å². The number of hydrogen-bond acceptors (Lipinski definition) is 4. The maximum Gasteiger partial charge on any atom is 0.171 e. The molecule has 8 heteroatoms. The second-order valence-corrected chi connectivity index (χ2v) is 7.80. The van der Waals surface area contributed by atoms with E-state index in [0.29, 0.717) is 32.2 Å². The van der Waals surface area contributed by atoms with Crippen LogP contribution in [0.4, 0.5) is 0 Å². The summed E-state index contributed by atoms with van der Waals surface area (Å²) in [4.78, 5) is 12.2. The molecule has 3 rings (SSSR count). The number of carbonyl (C=O) groups is 1. The summed E-state index contributed by atoms with van der Waals surface area (Å²) < 4.78 is 11.4. The van der Waals surface area contributed by atoms with E-state index < -0.39 is 0 Å². The van der Waals surface area contributed by atoms with Crippen LogP contribution in [0.3, 0.4) is 0 Å². The van der Waals surface area contributed by atoms with E-state index >= 15 is 0 Å². The first-order valence-corrected chi connectivity index (χ1v) is 10.0. The van der Waals surface area contributed by atoms with Crippen molar-refractivity contribution in [3.05, 3.63) is 68.8 Å². The fraction of sp³-hybridized carbons (Fsp3) is 0.238. The van der Waals surface area contributed by atoms with Crippen molar-refractivity contribution in [1.82, 2.24) is 10.6 Å². The molecule has 2 aromatic rings. The molecule has 0 aromatic heterocycles. The maximum atomic E-state index is 12.2. The van der Waals surface area contributed by atoms with Crippen molar-refractivity contribution in [2.45, 2.75) is 26.5 Å². The number of rotatable bonds is 6. The van der Waals surface area contributed by atoms with Crippen molar-refractivity contribution in [3.8, 4) is 11.5 Å². The van der Waals surface area contributed by atoms with Crippen molar-refractivity contribution >= 4 is 46.3 Å². The third kappa shape index (κ3) is 4.83. The molecular weight excluding hydrogens is 431 g/mol. The summed E-state index contributed by atoms with van der Waals surface area (Å²) in [5, 5.41) is 7.58. The number of hydrogen-bond donors (Lipinski definition) is 2. The molecule has 2 N–H and O–H groups in total. The van der Waals surface area contributed by atoms with Crippen LogP contribution >= 0.6 is 35.4 Å². The van der Waals surface area contributed by atoms with Crippen molar-refractivity contribution in [3.63, 3.8) is 0 Å². The lowest BCUT2D eigenvalue weighted by Gasteiger charge is -2.30. The van der Waals surface area contributed by atoms with Crippen LogP contribution in [-0.2, 0) is 11.4 Å². The van der Waals surface area contributed by atoms with Crippen molar-refractivity contribution in [2.75, 3.05) is 7.11 Å². The van der Waals surface area contributed by atoms with Gasteiger partial charge in [-0.15, -0.1) is 0 Å². The quantitative estimate of drug-likeness (QED) is 0.606. The van der Waals surface area contributed by atoms with Gasteiger partial charge in [0.05, 0.1) is 23.2 Å². The average molecular weight is 451 g/mol. The minimum atomic E-state index is -0.375. The molecule has 1 unspecified atom stereocenters. The van der Waals surface area contributed by atoms with Crippen molar-refractivity contribution in [1.29, 1.82) is 0 Å². The van der Waals surface area contributed by atoms with E-state index in [4.69, 9.17) is 44.9 Å². The Balaban J connectivity index is 1.92. The van der Waals surface area contributed by atoms with E-state index in [1.54, 1.807) is 25.3 Å². The summed E-state index contributed by atoms with van der Waals surface area (Å²) in [6, 6.07) is 10.5. The number of halogens is 2. The lowest BCUT2D eigenvalue weighted by molar-refractivity contribution is -0.114. The first-order chi connectivity index (χ1) is 13.8. The highest BCUT2D eigenvalue weighted by Gasteiger charge is 2.28. The van der Waals surface area contributed by atoms with Gasteiger partial charge in [0, 0.05) is 11.3 Å². The molecule has 0 fully saturated rings. The van der Waals surface area contributed by atoms with Gasteiger partial charge in [-0.1, -0.05) is 35.3 Å². The molecule has 152 valence electrons. The number of carbonyl (C=O) groups excluding carboxylic acids is 1. The zero-order valence-electron chi connectivity index (χ0n) is 16.1. The molecule has 0 radical (unpaired) electrons. The predicted octanol–water partition coefficient (Wildman–Crippen LogP) is 4.96. The second-order valence-electron chi connectivity index (χ2n) is 6.57. The Morgan fingerprint density at radius 2 is 1.90 bits per heavy atom. The van der Waals surface area contributed by atoms with Crippen molar-refractivity contribution < 1.29 is 14.3 Å². The van der Waals surface area contributed by atoms with Gasteiger partial charge in [-0.25, -0.2) is 0 Å². The van der Waals surface area contributed by atoms with Gasteiger partial charge in [-0.3, -0.25) is 4.79 Å². The minimum Gasteiger partial charge on any atom is -0.493 e. The van der Waals surface area contributed by atoms with Gasteiger partial charge in [0.15, 0.2) is 22.4 Å². The highest BCUT2D eigenvalue weighted by Crippen LogP contribution is 2.35. The Kier molecular flexibility index (Phi) is 6.67. The summed E-state index contributed by atoms with van der Waals surface area (Å²) >= 11 is 17.3. The van der Waals surface area contributed by atoms with Crippen LogP contribution in [0.5, 0.6) is 11.5 Å². The summed E-state index contributed by atoms with van der Waals surface area (Å²) in [7, 11) is 1.57. The third-order valence-electron chi connectivity index (χ3n) is 4.55. The number of benzene rings is 2. The third-order valence-corrected chi connectivity index (χ3v) is 5.51. The molecule has 0 aliphatic carbocycles. The minimum absolute atomic E-state index is 0.0379. The van der Waals surface area contributed by atoms with E-state index in [1.165, 1.54) is 6.92 Å². The predicted molar refractivity (Wildman–Crippen MR) is 119 cm³/mol. The molecule has 0 saturated heterocycles. The van der Waals surface area contributed by atoms with Gasteiger partial charge >= 0.3 is 0 Å². The number of nitrogens with one attached hydrogen (secondary N) is 2. The molecule has 0 bridgehead atoms. The molecule has 1 aliphatic heterocycles. The topological polar surface area (TPSA) is 59.6 Å². The fourth-order valence-corrected chi connectivity index (χ4v) is 3.78.